The van der Waals surface area contributed by atoms with Gasteiger partial charge in [-0.15, -0.1) is 0 Å². The first-order valence-electron chi connectivity index (χ1n) is 5.31. The van der Waals surface area contributed by atoms with Crippen molar-refractivity contribution in [2.24, 2.45) is 5.92 Å². The third-order valence-corrected chi connectivity index (χ3v) is 2.86. The fourth-order valence-electron chi connectivity index (χ4n) is 1.95. The van der Waals surface area contributed by atoms with Gasteiger partial charge in [0.25, 0.3) is 0 Å². The number of nitrogens with zero attached hydrogens (tertiary/aromatic N) is 1. The first-order chi connectivity index (χ1) is 7.27. The third kappa shape index (κ3) is 2.36. The molecule has 2 rings (SSSR count). The Morgan fingerprint density at radius 2 is 2.53 bits per heavy atom. The molecule has 1 aromatic rings. The van der Waals surface area contributed by atoms with Crippen LogP contribution in [0.1, 0.15) is 19.8 Å². The number of hydrogen-bond donors (Lipinski definition) is 3. The number of hydrogen-bond acceptors (Lipinski definition) is 3. The molecule has 1 saturated heterocycles. The summed E-state index contributed by atoms with van der Waals surface area (Å²) in [6.45, 7) is 3.06. The van der Waals surface area contributed by atoms with E-state index in [0.717, 1.165) is 19.4 Å². The molecule has 0 saturated carbocycles. The minimum atomic E-state index is 0.0575. The van der Waals surface area contributed by atoms with Crippen molar-refractivity contribution in [1.82, 2.24) is 15.5 Å². The summed E-state index contributed by atoms with van der Waals surface area (Å²) in [6.07, 6.45) is 3.64. The molecule has 5 nitrogen and oxygen atoms in total. The second-order valence-corrected chi connectivity index (χ2v) is 3.95. The van der Waals surface area contributed by atoms with E-state index in [1.165, 1.54) is 0 Å². The summed E-state index contributed by atoms with van der Waals surface area (Å²) in [5.41, 5.74) is 0. The highest BCUT2D eigenvalue weighted by Crippen LogP contribution is 2.17. The second kappa shape index (κ2) is 4.44. The van der Waals surface area contributed by atoms with Crippen LogP contribution >= 0.6 is 0 Å². The Labute approximate surface area is 88.6 Å². The van der Waals surface area contributed by atoms with Gasteiger partial charge < -0.3 is 10.6 Å². The van der Waals surface area contributed by atoms with Crippen LogP contribution in [0, 0.1) is 5.92 Å². The molecule has 2 heterocycles. The van der Waals surface area contributed by atoms with Gasteiger partial charge in [-0.25, -0.2) is 0 Å². The van der Waals surface area contributed by atoms with E-state index >= 15 is 0 Å². The number of H-pyrrole nitrogens is 1. The van der Waals surface area contributed by atoms with E-state index in [2.05, 4.69) is 27.8 Å². The fourth-order valence-corrected chi connectivity index (χ4v) is 1.95. The summed E-state index contributed by atoms with van der Waals surface area (Å²) in [4.78, 5) is 11.9. The van der Waals surface area contributed by atoms with Crippen LogP contribution in [-0.4, -0.2) is 28.7 Å². The van der Waals surface area contributed by atoms with Gasteiger partial charge >= 0.3 is 0 Å². The van der Waals surface area contributed by atoms with Crippen LogP contribution in [0.2, 0.25) is 0 Å². The van der Waals surface area contributed by atoms with E-state index in [4.69, 9.17) is 0 Å². The second-order valence-electron chi connectivity index (χ2n) is 3.95. The van der Waals surface area contributed by atoms with E-state index in [1.807, 2.05) is 0 Å². The minimum absolute atomic E-state index is 0.0575. The smallest absolute Gasteiger partial charge is 0.230 e. The van der Waals surface area contributed by atoms with Crippen molar-refractivity contribution in [3.05, 3.63) is 12.3 Å². The first kappa shape index (κ1) is 10.2. The highest BCUT2D eigenvalue weighted by Gasteiger charge is 2.27. The molecule has 0 spiro atoms. The van der Waals surface area contributed by atoms with Gasteiger partial charge in [0.05, 0.1) is 12.1 Å². The lowest BCUT2D eigenvalue weighted by Crippen LogP contribution is -2.44. The van der Waals surface area contributed by atoms with Crippen molar-refractivity contribution in [3.63, 3.8) is 0 Å². The van der Waals surface area contributed by atoms with Gasteiger partial charge in [-0.3, -0.25) is 9.89 Å². The Bertz CT molecular complexity index is 322. The molecule has 15 heavy (non-hydrogen) atoms. The average Bonchev–Trinajstić information content (AvgIpc) is 2.71. The van der Waals surface area contributed by atoms with Crippen molar-refractivity contribution in [1.29, 1.82) is 0 Å². The fraction of sp³-hybridized carbons (Fsp3) is 0.600. The lowest BCUT2D eigenvalue weighted by molar-refractivity contribution is -0.121. The number of carbonyl (C=O) groups excluding carboxylic acids is 1. The van der Waals surface area contributed by atoms with E-state index in [9.17, 15) is 4.79 Å². The molecule has 1 aromatic heterocycles. The summed E-state index contributed by atoms with van der Waals surface area (Å²) in [5, 5.41) is 12.6. The molecule has 2 unspecified atom stereocenters. The van der Waals surface area contributed by atoms with Gasteiger partial charge in [0.15, 0.2) is 0 Å². The zero-order valence-corrected chi connectivity index (χ0v) is 8.79. The number of anilines is 1. The number of nitrogens with one attached hydrogen (secondary N) is 3. The normalized spacial score (nSPS) is 26.2. The molecule has 1 fully saturated rings. The molecule has 0 radical (unpaired) electrons. The highest BCUT2D eigenvalue weighted by molar-refractivity contribution is 5.92. The van der Waals surface area contributed by atoms with E-state index in [-0.39, 0.29) is 17.9 Å². The van der Waals surface area contributed by atoms with E-state index in [1.54, 1.807) is 12.3 Å². The summed E-state index contributed by atoms with van der Waals surface area (Å²) in [7, 11) is 0. The van der Waals surface area contributed by atoms with Crippen molar-refractivity contribution >= 4 is 11.7 Å². The molecular formula is C10H16N4O. The number of aromatic amines is 1. The Balaban J connectivity index is 1.95. The largest absolute Gasteiger partial charge is 0.313 e. The summed E-state index contributed by atoms with van der Waals surface area (Å²) in [6, 6.07) is 2.00. The van der Waals surface area contributed by atoms with Crippen molar-refractivity contribution < 1.29 is 4.79 Å². The molecule has 5 heteroatoms. The summed E-state index contributed by atoms with van der Waals surface area (Å²) < 4.78 is 0. The van der Waals surface area contributed by atoms with Gasteiger partial charge in [-0.05, 0) is 26.3 Å². The predicted octanol–water partition coefficient (Wildman–Crippen LogP) is 0.736. The Morgan fingerprint density at radius 3 is 3.20 bits per heavy atom. The van der Waals surface area contributed by atoms with Crippen molar-refractivity contribution in [2.75, 3.05) is 11.9 Å². The summed E-state index contributed by atoms with van der Waals surface area (Å²) >= 11 is 0. The Kier molecular flexibility index (Phi) is 3.01. The maximum atomic E-state index is 11.9. The first-order valence-corrected chi connectivity index (χ1v) is 5.31. The molecule has 3 N–H and O–H groups in total. The maximum Gasteiger partial charge on any atom is 0.230 e. The number of amides is 1. The number of rotatable bonds is 2. The van der Waals surface area contributed by atoms with E-state index < -0.39 is 0 Å². The zero-order valence-electron chi connectivity index (χ0n) is 8.79. The maximum absolute atomic E-state index is 11.9. The molecule has 0 aromatic carbocycles. The van der Waals surface area contributed by atoms with Gasteiger partial charge in [-0.2, -0.15) is 5.10 Å². The van der Waals surface area contributed by atoms with Gasteiger partial charge in [0.2, 0.25) is 5.91 Å². The Hall–Kier alpha value is -1.36. The molecule has 2 atom stereocenters. The minimum Gasteiger partial charge on any atom is -0.313 e. The van der Waals surface area contributed by atoms with Crippen LogP contribution < -0.4 is 10.6 Å². The van der Waals surface area contributed by atoms with Crippen LogP contribution in [0.4, 0.5) is 5.82 Å². The zero-order chi connectivity index (χ0) is 10.7. The van der Waals surface area contributed by atoms with Gasteiger partial charge in [0.1, 0.15) is 5.82 Å². The monoisotopic (exact) mass is 208 g/mol. The Morgan fingerprint density at radius 1 is 1.67 bits per heavy atom. The van der Waals surface area contributed by atoms with Gasteiger partial charge in [-0.1, -0.05) is 0 Å². The number of aromatic nitrogens is 2. The average molecular weight is 208 g/mol. The van der Waals surface area contributed by atoms with E-state index in [0.29, 0.717) is 5.82 Å². The quantitative estimate of drug-likeness (QED) is 0.671. The van der Waals surface area contributed by atoms with Crippen LogP contribution in [0.5, 0.6) is 0 Å². The van der Waals surface area contributed by atoms with Crippen molar-refractivity contribution in [2.45, 2.75) is 25.8 Å². The van der Waals surface area contributed by atoms with Crippen LogP contribution in [-0.2, 0) is 4.79 Å². The number of carbonyl (C=O) groups is 1. The lowest BCUT2D eigenvalue weighted by atomic mass is 9.91. The van der Waals surface area contributed by atoms with Crippen LogP contribution in [0.25, 0.3) is 0 Å². The summed E-state index contributed by atoms with van der Waals surface area (Å²) in [5.74, 6) is 0.791. The van der Waals surface area contributed by atoms with Crippen LogP contribution in [0.3, 0.4) is 0 Å². The topological polar surface area (TPSA) is 69.8 Å². The predicted molar refractivity (Wildman–Crippen MR) is 57.4 cm³/mol. The SMILES string of the molecule is CC1NCCCC1C(=O)Nc1ccn[nH]1. The van der Waals surface area contributed by atoms with Gasteiger partial charge in [0, 0.05) is 12.1 Å². The standard InChI is InChI=1S/C10H16N4O/c1-7-8(3-2-5-11-7)10(15)13-9-4-6-12-14-9/h4,6-8,11H,2-3,5H2,1H3,(H2,12,13,14,15). The third-order valence-electron chi connectivity index (χ3n) is 2.86. The molecule has 0 aliphatic carbocycles. The van der Waals surface area contributed by atoms with Crippen molar-refractivity contribution in [3.8, 4) is 0 Å². The molecule has 1 aliphatic heterocycles. The molecule has 1 aliphatic rings. The molecule has 82 valence electrons. The molecular weight excluding hydrogens is 192 g/mol. The highest BCUT2D eigenvalue weighted by atomic mass is 16.2. The molecule has 0 bridgehead atoms. The molecule has 1 amide bonds. The van der Waals surface area contributed by atoms with Crippen LogP contribution in [0.15, 0.2) is 12.3 Å². The number of piperidine rings is 1. The lowest BCUT2D eigenvalue weighted by Gasteiger charge is -2.28.